The van der Waals surface area contributed by atoms with E-state index in [1.807, 2.05) is 24.4 Å². The van der Waals surface area contributed by atoms with E-state index in [-0.39, 0.29) is 30.7 Å². The van der Waals surface area contributed by atoms with Crippen molar-refractivity contribution in [2.24, 2.45) is 0 Å². The number of thiophene rings is 1. The fraction of sp³-hybridized carbons (Fsp3) is 0.385. The van der Waals surface area contributed by atoms with Gasteiger partial charge in [0, 0.05) is 18.5 Å². The van der Waals surface area contributed by atoms with Gasteiger partial charge in [0.2, 0.25) is 5.91 Å². The second-order valence-corrected chi connectivity index (χ2v) is 6.70. The molecule has 0 unspecified atom stereocenters. The second kappa shape index (κ2) is 11.2. The minimum Gasteiger partial charge on any atom is -0.354 e. The Morgan fingerprint density at radius 3 is 2.73 bits per heavy atom. The lowest BCUT2D eigenvalue weighted by molar-refractivity contribution is -0.120. The van der Waals surface area contributed by atoms with Gasteiger partial charge in [0.15, 0.2) is 0 Å². The Hall–Kier alpha value is -0.370. The Balaban J connectivity index is 0.00000220. The van der Waals surface area contributed by atoms with E-state index in [2.05, 4.69) is 15.6 Å². The fourth-order valence-corrected chi connectivity index (χ4v) is 3.56. The Bertz CT molecular complexity index is 574. The van der Waals surface area contributed by atoms with E-state index < -0.39 is 0 Å². The molecule has 2 rings (SSSR count). The van der Waals surface area contributed by atoms with Gasteiger partial charge in [-0.25, -0.2) is 4.98 Å². The van der Waals surface area contributed by atoms with Crippen molar-refractivity contribution in [1.29, 1.82) is 0 Å². The molecule has 0 aliphatic rings. The van der Waals surface area contributed by atoms with E-state index in [0.29, 0.717) is 13.0 Å². The van der Waals surface area contributed by atoms with Crippen LogP contribution < -0.4 is 10.6 Å². The number of thiazole rings is 1. The molecular formula is C13H18Cl3N3OS2. The summed E-state index contributed by atoms with van der Waals surface area (Å²) in [4.78, 5) is 17.2. The number of amides is 1. The highest BCUT2D eigenvalue weighted by Gasteiger charge is 2.10. The van der Waals surface area contributed by atoms with E-state index in [1.165, 1.54) is 22.7 Å². The van der Waals surface area contributed by atoms with Crippen molar-refractivity contribution in [1.82, 2.24) is 15.6 Å². The predicted molar refractivity (Wildman–Crippen MR) is 100 cm³/mol. The zero-order valence-electron chi connectivity index (χ0n) is 11.9. The first kappa shape index (κ1) is 21.6. The van der Waals surface area contributed by atoms with Crippen LogP contribution in [0.5, 0.6) is 0 Å². The molecule has 0 spiro atoms. The molecule has 0 aliphatic heterocycles. The van der Waals surface area contributed by atoms with Gasteiger partial charge in [-0.05, 0) is 18.7 Å². The van der Waals surface area contributed by atoms with Gasteiger partial charge in [-0.1, -0.05) is 18.5 Å². The highest BCUT2D eigenvalue weighted by Crippen LogP contribution is 2.32. The summed E-state index contributed by atoms with van der Waals surface area (Å²) in [6.07, 6.45) is 0.321. The van der Waals surface area contributed by atoms with Gasteiger partial charge in [0.05, 0.1) is 21.3 Å². The Morgan fingerprint density at radius 1 is 1.32 bits per heavy atom. The molecule has 2 aromatic rings. The third-order valence-electron chi connectivity index (χ3n) is 2.55. The van der Waals surface area contributed by atoms with E-state index in [1.54, 1.807) is 0 Å². The van der Waals surface area contributed by atoms with Crippen LogP contribution in [0.15, 0.2) is 17.5 Å². The number of hydrogen-bond acceptors (Lipinski definition) is 5. The number of nitrogens with zero attached hydrogens (tertiary/aromatic N) is 1. The van der Waals surface area contributed by atoms with Crippen LogP contribution in [0.4, 0.5) is 0 Å². The van der Waals surface area contributed by atoms with E-state index in [0.717, 1.165) is 33.0 Å². The zero-order chi connectivity index (χ0) is 14.4. The van der Waals surface area contributed by atoms with Crippen molar-refractivity contribution in [2.75, 3.05) is 19.6 Å². The number of carbonyl (C=O) groups is 1. The smallest absolute Gasteiger partial charge is 0.226 e. The zero-order valence-corrected chi connectivity index (χ0v) is 15.9. The molecule has 1 amide bonds. The quantitative estimate of drug-likeness (QED) is 0.695. The lowest BCUT2D eigenvalue weighted by Gasteiger charge is -2.03. The first-order chi connectivity index (χ1) is 9.69. The topological polar surface area (TPSA) is 54.0 Å². The molecule has 2 N–H and O–H groups in total. The van der Waals surface area contributed by atoms with Gasteiger partial charge in [-0.15, -0.1) is 47.5 Å². The minimum absolute atomic E-state index is 0. The molecule has 0 radical (unpaired) electrons. The van der Waals surface area contributed by atoms with Crippen LogP contribution in [0.25, 0.3) is 9.88 Å². The average Bonchev–Trinajstić information content (AvgIpc) is 3.04. The number of aromatic nitrogens is 1. The van der Waals surface area contributed by atoms with E-state index in [9.17, 15) is 4.79 Å². The fourth-order valence-electron chi connectivity index (χ4n) is 1.62. The molecule has 0 atom stereocenters. The molecule has 124 valence electrons. The van der Waals surface area contributed by atoms with E-state index in [4.69, 9.17) is 11.6 Å². The number of nitrogens with one attached hydrogen (secondary N) is 2. The maximum atomic E-state index is 11.7. The summed E-state index contributed by atoms with van der Waals surface area (Å²) in [5.74, 6) is 0.00367. The summed E-state index contributed by atoms with van der Waals surface area (Å²) in [5, 5.41) is 8.86. The summed E-state index contributed by atoms with van der Waals surface area (Å²) < 4.78 is 0.748. The van der Waals surface area contributed by atoms with Gasteiger partial charge in [0.25, 0.3) is 0 Å². The molecule has 0 saturated heterocycles. The van der Waals surface area contributed by atoms with Crippen molar-refractivity contribution in [2.45, 2.75) is 13.3 Å². The van der Waals surface area contributed by atoms with Gasteiger partial charge >= 0.3 is 0 Å². The first-order valence-corrected chi connectivity index (χ1v) is 8.44. The average molecular weight is 403 g/mol. The van der Waals surface area contributed by atoms with Crippen LogP contribution in [0.1, 0.15) is 12.6 Å². The Labute approximate surface area is 155 Å². The van der Waals surface area contributed by atoms with Crippen molar-refractivity contribution in [3.05, 3.63) is 27.5 Å². The molecule has 9 heteroatoms. The minimum atomic E-state index is 0. The summed E-state index contributed by atoms with van der Waals surface area (Å²) in [6, 6.07) is 3.81. The number of halogens is 3. The third-order valence-corrected chi connectivity index (χ3v) is 4.84. The molecule has 0 aromatic carbocycles. The molecule has 0 aliphatic carbocycles. The molecule has 2 aromatic heterocycles. The molecule has 22 heavy (non-hydrogen) atoms. The van der Waals surface area contributed by atoms with Crippen molar-refractivity contribution >= 4 is 65.0 Å². The second-order valence-electron chi connectivity index (χ2n) is 4.13. The van der Waals surface area contributed by atoms with Crippen LogP contribution in [0, 0.1) is 0 Å². The normalized spacial score (nSPS) is 9.73. The summed E-state index contributed by atoms with van der Waals surface area (Å²) in [5.41, 5.74) is 0.801. The molecular weight excluding hydrogens is 385 g/mol. The third kappa shape index (κ3) is 6.81. The molecule has 0 bridgehead atoms. The number of carbonyl (C=O) groups excluding carboxylic acids is 1. The van der Waals surface area contributed by atoms with Crippen LogP contribution in [0.2, 0.25) is 4.34 Å². The first-order valence-electron chi connectivity index (χ1n) is 6.36. The Kier molecular flexibility index (Phi) is 11.0. The van der Waals surface area contributed by atoms with Crippen LogP contribution in [-0.4, -0.2) is 30.5 Å². The maximum absolute atomic E-state index is 11.7. The maximum Gasteiger partial charge on any atom is 0.226 e. The Morgan fingerprint density at radius 2 is 2.09 bits per heavy atom. The van der Waals surface area contributed by atoms with Gasteiger partial charge in [-0.2, -0.15) is 0 Å². The highest BCUT2D eigenvalue weighted by atomic mass is 35.5. The van der Waals surface area contributed by atoms with Crippen molar-refractivity contribution in [3.63, 3.8) is 0 Å². The van der Waals surface area contributed by atoms with Gasteiger partial charge in [-0.3, -0.25) is 4.79 Å². The lowest BCUT2D eigenvalue weighted by Crippen LogP contribution is -2.32. The van der Waals surface area contributed by atoms with Crippen LogP contribution in [0.3, 0.4) is 0 Å². The van der Waals surface area contributed by atoms with Crippen LogP contribution in [-0.2, 0) is 11.2 Å². The number of likely N-dealkylation sites (N-methyl/N-ethyl adjacent to an activating group) is 1. The highest BCUT2D eigenvalue weighted by molar-refractivity contribution is 7.23. The predicted octanol–water partition coefficient (Wildman–Crippen LogP) is 3.64. The van der Waals surface area contributed by atoms with Crippen molar-refractivity contribution < 1.29 is 4.79 Å². The van der Waals surface area contributed by atoms with Gasteiger partial charge < -0.3 is 10.6 Å². The summed E-state index contributed by atoms with van der Waals surface area (Å²) in [6.45, 7) is 4.38. The largest absolute Gasteiger partial charge is 0.354 e. The molecule has 4 nitrogen and oxygen atoms in total. The lowest BCUT2D eigenvalue weighted by atomic mass is 10.3. The van der Waals surface area contributed by atoms with E-state index >= 15 is 0 Å². The number of rotatable bonds is 7. The molecule has 0 saturated carbocycles. The van der Waals surface area contributed by atoms with Gasteiger partial charge in [0.1, 0.15) is 5.01 Å². The molecule has 2 heterocycles. The monoisotopic (exact) mass is 401 g/mol. The van der Waals surface area contributed by atoms with Crippen molar-refractivity contribution in [3.8, 4) is 9.88 Å². The summed E-state index contributed by atoms with van der Waals surface area (Å²) in [7, 11) is 0. The SMILES string of the molecule is CCNCCNC(=O)Cc1csc(-c2ccc(Cl)s2)n1.Cl.Cl. The molecule has 0 fully saturated rings. The number of hydrogen-bond donors (Lipinski definition) is 2. The standard InChI is InChI=1S/C13H16ClN3OS2.2ClH/c1-2-15-5-6-16-12(18)7-9-8-19-13(17-9)10-3-4-11(14)20-10;;/h3-4,8,15H,2,5-7H2,1H3,(H,16,18);2*1H. The van der Waals surface area contributed by atoms with Crippen LogP contribution >= 0.6 is 59.1 Å². The summed E-state index contributed by atoms with van der Waals surface area (Å²) >= 11 is 8.94.